The van der Waals surface area contributed by atoms with Crippen LogP contribution in [-0.2, 0) is 9.53 Å². The average molecular weight is 359 g/mol. The first-order valence-electron chi connectivity index (χ1n) is 9.58. The number of piperidine rings is 1. The SMILES string of the molecule is CC(C)(C)OC(=O)N(c1ccc([C@@H]2CCCCN2C=O)cn1)C1CCC1. The molecule has 2 aliphatic rings. The van der Waals surface area contributed by atoms with E-state index in [0.717, 1.165) is 57.0 Å². The van der Waals surface area contributed by atoms with Gasteiger partial charge < -0.3 is 9.64 Å². The average Bonchev–Trinajstić information content (AvgIpc) is 2.56. The van der Waals surface area contributed by atoms with Gasteiger partial charge in [0.25, 0.3) is 0 Å². The Bertz CT molecular complexity index is 635. The first-order chi connectivity index (χ1) is 12.4. The molecule has 0 radical (unpaired) electrons. The Kier molecular flexibility index (Phi) is 5.49. The van der Waals surface area contributed by atoms with Crippen molar-refractivity contribution in [2.75, 3.05) is 11.4 Å². The van der Waals surface area contributed by atoms with Crippen molar-refractivity contribution in [3.8, 4) is 0 Å². The second-order valence-electron chi connectivity index (χ2n) is 8.24. The van der Waals surface area contributed by atoms with E-state index in [4.69, 9.17) is 4.74 Å². The minimum absolute atomic E-state index is 0.0847. The molecule has 142 valence electrons. The molecule has 1 aliphatic heterocycles. The van der Waals surface area contributed by atoms with E-state index >= 15 is 0 Å². The van der Waals surface area contributed by atoms with Crippen molar-refractivity contribution in [2.45, 2.75) is 77.0 Å². The number of ether oxygens (including phenoxy) is 1. The minimum Gasteiger partial charge on any atom is -0.443 e. The molecule has 1 aliphatic carbocycles. The summed E-state index contributed by atoms with van der Waals surface area (Å²) in [5.41, 5.74) is 0.490. The number of hydrogen-bond acceptors (Lipinski definition) is 4. The highest BCUT2D eigenvalue weighted by molar-refractivity contribution is 5.87. The highest BCUT2D eigenvalue weighted by Gasteiger charge is 2.34. The van der Waals surface area contributed by atoms with Gasteiger partial charge in [0, 0.05) is 18.8 Å². The lowest BCUT2D eigenvalue weighted by Gasteiger charge is -2.37. The van der Waals surface area contributed by atoms with Crippen LogP contribution < -0.4 is 4.90 Å². The van der Waals surface area contributed by atoms with Gasteiger partial charge in [0.2, 0.25) is 6.41 Å². The first-order valence-corrected chi connectivity index (χ1v) is 9.58. The van der Waals surface area contributed by atoms with E-state index in [0.29, 0.717) is 5.82 Å². The molecule has 1 saturated heterocycles. The molecule has 0 unspecified atom stereocenters. The molecule has 26 heavy (non-hydrogen) atoms. The van der Waals surface area contributed by atoms with Crippen molar-refractivity contribution >= 4 is 18.3 Å². The zero-order chi connectivity index (χ0) is 18.7. The van der Waals surface area contributed by atoms with Gasteiger partial charge in [-0.25, -0.2) is 9.78 Å². The lowest BCUT2D eigenvalue weighted by Crippen LogP contribution is -2.47. The first kappa shape index (κ1) is 18.7. The van der Waals surface area contributed by atoms with E-state index in [1.165, 1.54) is 0 Å². The second-order valence-corrected chi connectivity index (χ2v) is 8.24. The summed E-state index contributed by atoms with van der Waals surface area (Å²) in [6.07, 6.45) is 8.59. The van der Waals surface area contributed by atoms with Gasteiger partial charge >= 0.3 is 6.09 Å². The molecule has 0 bridgehead atoms. The molecule has 0 spiro atoms. The molecule has 2 amide bonds. The van der Waals surface area contributed by atoms with Gasteiger partial charge in [-0.3, -0.25) is 9.69 Å². The second kappa shape index (κ2) is 7.64. The number of carbonyl (C=O) groups excluding carboxylic acids is 2. The number of amides is 2. The van der Waals surface area contributed by atoms with Gasteiger partial charge in [-0.15, -0.1) is 0 Å². The van der Waals surface area contributed by atoms with Crippen molar-refractivity contribution in [2.24, 2.45) is 0 Å². The van der Waals surface area contributed by atoms with Crippen LogP contribution in [0, 0.1) is 0 Å². The van der Waals surface area contributed by atoms with Gasteiger partial charge in [-0.1, -0.05) is 6.07 Å². The summed E-state index contributed by atoms with van der Waals surface area (Å²) >= 11 is 0. The molecule has 2 fully saturated rings. The number of hydrogen-bond donors (Lipinski definition) is 0. The summed E-state index contributed by atoms with van der Waals surface area (Å²) in [6.45, 7) is 6.41. The Hall–Kier alpha value is -2.11. The van der Waals surface area contributed by atoms with Crippen LogP contribution in [0.2, 0.25) is 0 Å². The van der Waals surface area contributed by atoms with Crippen LogP contribution in [0.1, 0.15) is 70.9 Å². The number of pyridine rings is 1. The smallest absolute Gasteiger partial charge is 0.416 e. The van der Waals surface area contributed by atoms with Gasteiger partial charge in [0.1, 0.15) is 11.4 Å². The highest BCUT2D eigenvalue weighted by Crippen LogP contribution is 2.33. The lowest BCUT2D eigenvalue weighted by atomic mass is 9.91. The van der Waals surface area contributed by atoms with Crippen LogP contribution >= 0.6 is 0 Å². The van der Waals surface area contributed by atoms with E-state index in [1.54, 1.807) is 11.1 Å². The fraction of sp³-hybridized carbons (Fsp3) is 0.650. The summed E-state index contributed by atoms with van der Waals surface area (Å²) < 4.78 is 5.58. The van der Waals surface area contributed by atoms with E-state index in [9.17, 15) is 9.59 Å². The van der Waals surface area contributed by atoms with Crippen LogP contribution in [0.25, 0.3) is 0 Å². The molecule has 1 saturated carbocycles. The zero-order valence-corrected chi connectivity index (χ0v) is 16.0. The Morgan fingerprint density at radius 1 is 1.23 bits per heavy atom. The third kappa shape index (κ3) is 4.17. The summed E-state index contributed by atoms with van der Waals surface area (Å²) in [7, 11) is 0. The van der Waals surface area contributed by atoms with Gasteiger partial charge in [-0.2, -0.15) is 0 Å². The maximum absolute atomic E-state index is 12.7. The molecular weight excluding hydrogens is 330 g/mol. The number of aromatic nitrogens is 1. The quantitative estimate of drug-likeness (QED) is 0.761. The molecular formula is C20H29N3O3. The number of likely N-dealkylation sites (tertiary alicyclic amines) is 1. The highest BCUT2D eigenvalue weighted by atomic mass is 16.6. The third-order valence-corrected chi connectivity index (χ3v) is 5.11. The summed E-state index contributed by atoms with van der Waals surface area (Å²) in [5.74, 6) is 0.626. The summed E-state index contributed by atoms with van der Waals surface area (Å²) in [5, 5.41) is 0. The Morgan fingerprint density at radius 2 is 2.00 bits per heavy atom. The number of anilines is 1. The summed E-state index contributed by atoms with van der Waals surface area (Å²) in [6, 6.07) is 4.12. The molecule has 0 aromatic carbocycles. The summed E-state index contributed by atoms with van der Waals surface area (Å²) in [4.78, 5) is 32.1. The molecule has 6 heteroatoms. The normalized spacial score (nSPS) is 21.0. The zero-order valence-electron chi connectivity index (χ0n) is 16.0. The van der Waals surface area contributed by atoms with E-state index in [1.807, 2.05) is 37.8 Å². The third-order valence-electron chi connectivity index (χ3n) is 5.11. The maximum atomic E-state index is 12.7. The molecule has 1 aromatic rings. The van der Waals surface area contributed by atoms with E-state index in [-0.39, 0.29) is 18.2 Å². The van der Waals surface area contributed by atoms with Gasteiger partial charge in [-0.05, 0) is 70.9 Å². The van der Waals surface area contributed by atoms with Crippen LogP contribution in [-0.4, -0.2) is 40.6 Å². The topological polar surface area (TPSA) is 62.7 Å². The van der Waals surface area contributed by atoms with E-state index in [2.05, 4.69) is 4.98 Å². The molecule has 0 N–H and O–H groups in total. The number of nitrogens with zero attached hydrogens (tertiary/aromatic N) is 3. The van der Waals surface area contributed by atoms with Crippen LogP contribution in [0.5, 0.6) is 0 Å². The maximum Gasteiger partial charge on any atom is 0.416 e. The lowest BCUT2D eigenvalue weighted by molar-refractivity contribution is -0.121. The molecule has 6 nitrogen and oxygen atoms in total. The van der Waals surface area contributed by atoms with Crippen molar-refractivity contribution < 1.29 is 14.3 Å². The van der Waals surface area contributed by atoms with Crippen LogP contribution in [0.15, 0.2) is 18.3 Å². The van der Waals surface area contributed by atoms with Crippen LogP contribution in [0.3, 0.4) is 0 Å². The van der Waals surface area contributed by atoms with Gasteiger partial charge in [0.15, 0.2) is 0 Å². The number of rotatable bonds is 4. The van der Waals surface area contributed by atoms with Crippen molar-refractivity contribution in [1.29, 1.82) is 0 Å². The predicted octanol–water partition coefficient (Wildman–Crippen LogP) is 4.06. The van der Waals surface area contributed by atoms with Crippen molar-refractivity contribution in [3.05, 3.63) is 23.9 Å². The molecule has 1 atom stereocenters. The fourth-order valence-electron chi connectivity index (χ4n) is 3.56. The van der Waals surface area contributed by atoms with Crippen molar-refractivity contribution in [1.82, 2.24) is 9.88 Å². The Labute approximate surface area is 155 Å². The molecule has 2 heterocycles. The van der Waals surface area contributed by atoms with Crippen molar-refractivity contribution in [3.63, 3.8) is 0 Å². The predicted molar refractivity (Wildman–Crippen MR) is 100.0 cm³/mol. The monoisotopic (exact) mass is 359 g/mol. The number of carbonyl (C=O) groups is 2. The largest absolute Gasteiger partial charge is 0.443 e. The standard InChI is InChI=1S/C20H29N3O3/c1-20(2,3)26-19(25)23(16-7-6-8-16)18-11-10-15(13-21-18)17-9-4-5-12-22(17)14-24/h10-11,13-14,16-17H,4-9,12H2,1-3H3/t17-/m0/s1. The van der Waals surface area contributed by atoms with Gasteiger partial charge in [0.05, 0.1) is 6.04 Å². The molecule has 1 aromatic heterocycles. The van der Waals surface area contributed by atoms with Crippen LogP contribution in [0.4, 0.5) is 10.6 Å². The molecule has 3 rings (SSSR count). The fourth-order valence-corrected chi connectivity index (χ4v) is 3.56. The Morgan fingerprint density at radius 3 is 2.54 bits per heavy atom. The van der Waals surface area contributed by atoms with E-state index < -0.39 is 5.60 Å². The minimum atomic E-state index is -0.536. The Balaban J connectivity index is 1.79.